The number of carbonyl (C=O) groups is 4. The number of esters is 4. The number of aliphatic hydroxyl groups is 1. The van der Waals surface area contributed by atoms with Crippen molar-refractivity contribution < 1.29 is 80.2 Å². The second kappa shape index (κ2) is 69.2. The number of aliphatic hydroxyl groups excluding tert-OH is 1. The number of unbranched alkanes of at least 4 members (excludes halogenated alkanes) is 25. The third kappa shape index (κ3) is 68.3. The molecular weight excluding hydrogens is 1260 g/mol. The van der Waals surface area contributed by atoms with E-state index < -0.39 is 97.5 Å². The fourth-order valence-electron chi connectivity index (χ4n) is 9.66. The van der Waals surface area contributed by atoms with E-state index in [0.29, 0.717) is 32.1 Å². The van der Waals surface area contributed by atoms with Gasteiger partial charge in [-0.15, -0.1) is 0 Å². The highest BCUT2D eigenvalue weighted by atomic mass is 31.2. The SMILES string of the molecule is CC/C=C\C/C=C\C/C=C\C/C=C\C/C=C\CCCC(=O)OCC(COP(=O)(O)OCC(O)COP(=O)(O)OCC(COC(=O)CCCCCC/C=C\C/C=C\C/C=C\C/C=C\CC)OC(=O)CCCCCCCCCCCCC)OC(=O)CCCCCCCCCCCCC. The highest BCUT2D eigenvalue weighted by molar-refractivity contribution is 7.47. The molecule has 0 aromatic carbocycles. The zero-order chi connectivity index (χ0) is 70.4. The highest BCUT2D eigenvalue weighted by Crippen LogP contribution is 2.45. The molecule has 0 radical (unpaired) electrons. The van der Waals surface area contributed by atoms with E-state index in [2.05, 4.69) is 125 Å². The third-order valence-electron chi connectivity index (χ3n) is 15.3. The Morgan fingerprint density at radius 1 is 0.302 bits per heavy atom. The number of hydrogen-bond donors (Lipinski definition) is 3. The van der Waals surface area contributed by atoms with Crippen LogP contribution in [0.5, 0.6) is 0 Å². The zero-order valence-electron chi connectivity index (χ0n) is 60.0. The van der Waals surface area contributed by atoms with Gasteiger partial charge in [-0.1, -0.05) is 278 Å². The molecule has 0 saturated carbocycles. The molecule has 5 atom stereocenters. The van der Waals surface area contributed by atoms with Crippen molar-refractivity contribution in [1.29, 1.82) is 0 Å². The lowest BCUT2D eigenvalue weighted by molar-refractivity contribution is -0.161. The first-order chi connectivity index (χ1) is 46.7. The molecule has 0 aromatic rings. The highest BCUT2D eigenvalue weighted by Gasteiger charge is 2.30. The van der Waals surface area contributed by atoms with Crippen molar-refractivity contribution in [2.75, 3.05) is 39.6 Å². The van der Waals surface area contributed by atoms with E-state index in [-0.39, 0.29) is 25.7 Å². The minimum atomic E-state index is -4.98. The first kappa shape index (κ1) is 91.7. The van der Waals surface area contributed by atoms with E-state index >= 15 is 0 Å². The molecule has 5 unspecified atom stereocenters. The van der Waals surface area contributed by atoms with Crippen molar-refractivity contribution in [2.45, 2.75) is 316 Å². The number of ether oxygens (including phenoxy) is 4. The molecule has 17 nitrogen and oxygen atoms in total. The Kier molecular flexibility index (Phi) is 66.1. The monoisotopic (exact) mass is 1390 g/mol. The molecule has 0 amide bonds. The summed E-state index contributed by atoms with van der Waals surface area (Å²) in [4.78, 5) is 72.7. The van der Waals surface area contributed by atoms with E-state index in [9.17, 15) is 43.2 Å². The Morgan fingerprint density at radius 3 is 0.875 bits per heavy atom. The van der Waals surface area contributed by atoms with Gasteiger partial charge in [-0.2, -0.15) is 0 Å². The van der Waals surface area contributed by atoms with Gasteiger partial charge in [-0.3, -0.25) is 37.3 Å². The first-order valence-corrected chi connectivity index (χ1v) is 40.1. The molecule has 0 saturated heterocycles. The maximum atomic E-state index is 13.0. The molecule has 0 aliphatic carbocycles. The van der Waals surface area contributed by atoms with E-state index in [1.54, 1.807) is 0 Å². The predicted octanol–water partition coefficient (Wildman–Crippen LogP) is 21.0. The lowest BCUT2D eigenvalue weighted by atomic mass is 10.1. The summed E-state index contributed by atoms with van der Waals surface area (Å²) in [5, 5.41) is 10.6. The Bertz CT molecular complexity index is 2250. The van der Waals surface area contributed by atoms with Crippen LogP contribution < -0.4 is 0 Å². The maximum absolute atomic E-state index is 13.0. The summed E-state index contributed by atoms with van der Waals surface area (Å²) in [5.41, 5.74) is 0. The van der Waals surface area contributed by atoms with Crippen molar-refractivity contribution in [3.8, 4) is 0 Å². The molecule has 0 bridgehead atoms. The number of carbonyl (C=O) groups excluding carboxylic acids is 4. The molecule has 0 aliphatic heterocycles. The van der Waals surface area contributed by atoms with Crippen LogP contribution in [0.3, 0.4) is 0 Å². The molecule has 0 spiro atoms. The standard InChI is InChI=1S/C77H132O17P2/c1-5-9-13-17-21-25-29-31-33-35-37-39-43-45-49-53-57-61-74(79)87-67-72(93-76(81)63-59-55-51-47-41-27-23-19-15-11-7-3)69-91-95(83,84)89-65-71(78)66-90-96(85,86)92-70-73(94-77(82)64-60-56-52-48-42-28-24-20-16-12-8-4)68-88-75(80)62-58-54-50-46-44-40-38-36-34-32-30-26-22-18-14-10-6-2/h9-10,13-14,21-22,25-26,31-34,37-40,45,49,71-73,78H,5-8,11-12,15-20,23-24,27-30,35-36,41-44,46-48,50-70H2,1-4H3,(H,83,84)(H,85,86)/b13-9-,14-10-,25-21-,26-22-,33-31-,34-32-,39-37-,40-38-,49-45-. The van der Waals surface area contributed by atoms with Crippen molar-refractivity contribution in [3.63, 3.8) is 0 Å². The topological polar surface area (TPSA) is 237 Å². The van der Waals surface area contributed by atoms with Crippen LogP contribution in [0, 0.1) is 0 Å². The summed E-state index contributed by atoms with van der Waals surface area (Å²) in [7, 11) is -9.96. The quantitative estimate of drug-likeness (QED) is 0.0169. The average molecular weight is 1390 g/mol. The largest absolute Gasteiger partial charge is 0.472 e. The normalized spacial score (nSPS) is 14.6. The lowest BCUT2D eigenvalue weighted by Gasteiger charge is -2.21. The predicted molar refractivity (Wildman–Crippen MR) is 390 cm³/mol. The van der Waals surface area contributed by atoms with Gasteiger partial charge in [0, 0.05) is 25.7 Å². The van der Waals surface area contributed by atoms with Crippen LogP contribution in [0.4, 0.5) is 0 Å². The summed E-state index contributed by atoms with van der Waals surface area (Å²) in [6.45, 7) is 4.54. The van der Waals surface area contributed by atoms with Gasteiger partial charge in [0.2, 0.25) is 0 Å². The van der Waals surface area contributed by atoms with Gasteiger partial charge < -0.3 is 33.8 Å². The summed E-state index contributed by atoms with van der Waals surface area (Å²) in [6, 6.07) is 0. The molecule has 0 heterocycles. The summed E-state index contributed by atoms with van der Waals surface area (Å²) in [6.07, 6.45) is 72.4. The molecule has 0 aromatic heterocycles. The van der Waals surface area contributed by atoms with Crippen LogP contribution >= 0.6 is 15.6 Å². The minimum Gasteiger partial charge on any atom is -0.462 e. The molecule has 0 aliphatic rings. The molecule has 552 valence electrons. The maximum Gasteiger partial charge on any atom is 0.472 e. The van der Waals surface area contributed by atoms with E-state index in [1.807, 2.05) is 12.2 Å². The van der Waals surface area contributed by atoms with Gasteiger partial charge in [0.15, 0.2) is 12.2 Å². The summed E-state index contributed by atoms with van der Waals surface area (Å²) in [5.74, 6) is -2.26. The molecule has 19 heteroatoms. The van der Waals surface area contributed by atoms with Gasteiger partial charge in [-0.25, -0.2) is 9.13 Å². The third-order valence-corrected chi connectivity index (χ3v) is 17.2. The van der Waals surface area contributed by atoms with E-state index in [1.165, 1.54) is 77.0 Å². The fourth-order valence-corrected chi connectivity index (χ4v) is 11.2. The lowest BCUT2D eigenvalue weighted by Crippen LogP contribution is -2.30. The average Bonchev–Trinajstić information content (AvgIpc) is 1.21. The number of rotatable bonds is 69. The summed E-state index contributed by atoms with van der Waals surface area (Å²) >= 11 is 0. The Morgan fingerprint density at radius 2 is 0.552 bits per heavy atom. The zero-order valence-corrected chi connectivity index (χ0v) is 61.8. The van der Waals surface area contributed by atoms with Crippen LogP contribution in [-0.2, 0) is 65.4 Å². The number of hydrogen-bond acceptors (Lipinski definition) is 15. The van der Waals surface area contributed by atoms with Gasteiger partial charge in [0.05, 0.1) is 26.4 Å². The fraction of sp³-hybridized carbons (Fsp3) is 0.714. The Hall–Kier alpha value is -4.28. The van der Waals surface area contributed by atoms with E-state index in [4.69, 9.17) is 37.0 Å². The molecule has 0 rings (SSSR count). The Balaban J connectivity index is 5.35. The molecule has 3 N–H and O–H groups in total. The second-order valence-electron chi connectivity index (χ2n) is 24.5. The molecule has 96 heavy (non-hydrogen) atoms. The first-order valence-electron chi connectivity index (χ1n) is 37.1. The van der Waals surface area contributed by atoms with Crippen LogP contribution in [0.2, 0.25) is 0 Å². The smallest absolute Gasteiger partial charge is 0.462 e. The van der Waals surface area contributed by atoms with Crippen molar-refractivity contribution in [2.24, 2.45) is 0 Å². The van der Waals surface area contributed by atoms with Crippen molar-refractivity contribution >= 4 is 39.5 Å². The van der Waals surface area contributed by atoms with Crippen LogP contribution in [0.25, 0.3) is 0 Å². The van der Waals surface area contributed by atoms with Gasteiger partial charge in [-0.05, 0) is 103 Å². The Labute approximate surface area is 581 Å². The number of allylic oxidation sites excluding steroid dienone is 18. The minimum absolute atomic E-state index is 0.0838. The molecular formula is C77H132O17P2. The summed E-state index contributed by atoms with van der Waals surface area (Å²) < 4.78 is 68.3. The van der Waals surface area contributed by atoms with Crippen LogP contribution in [-0.4, -0.2) is 96.7 Å². The number of phosphoric ester groups is 2. The number of phosphoric acid groups is 2. The molecule has 0 fully saturated rings. The van der Waals surface area contributed by atoms with Crippen LogP contribution in [0.15, 0.2) is 109 Å². The second-order valence-corrected chi connectivity index (χ2v) is 27.4. The van der Waals surface area contributed by atoms with E-state index in [0.717, 1.165) is 135 Å². The van der Waals surface area contributed by atoms with Crippen molar-refractivity contribution in [3.05, 3.63) is 109 Å². The van der Waals surface area contributed by atoms with Crippen LogP contribution in [0.1, 0.15) is 297 Å². The van der Waals surface area contributed by atoms with Gasteiger partial charge >= 0.3 is 39.5 Å². The van der Waals surface area contributed by atoms with Gasteiger partial charge in [0.25, 0.3) is 0 Å². The van der Waals surface area contributed by atoms with Crippen molar-refractivity contribution in [1.82, 2.24) is 0 Å². The van der Waals surface area contributed by atoms with Gasteiger partial charge in [0.1, 0.15) is 19.3 Å².